The monoisotopic (exact) mass is 429 g/mol. The predicted octanol–water partition coefficient (Wildman–Crippen LogP) is 4.64. The van der Waals surface area contributed by atoms with E-state index in [1.807, 2.05) is 42.5 Å². The maximum Gasteiger partial charge on any atom is 0.265 e. The van der Waals surface area contributed by atoms with E-state index in [0.29, 0.717) is 17.1 Å². The minimum Gasteiger partial charge on any atom is -0.482 e. The normalized spacial score (nSPS) is 13.1. The quantitative estimate of drug-likeness (QED) is 0.513. The van der Waals surface area contributed by atoms with Gasteiger partial charge in [-0.05, 0) is 61.0 Å². The highest BCUT2D eigenvalue weighted by Gasteiger charge is 2.26. The zero-order chi connectivity index (χ0) is 21.4. The van der Waals surface area contributed by atoms with Gasteiger partial charge >= 0.3 is 0 Å². The van der Waals surface area contributed by atoms with E-state index in [1.165, 1.54) is 10.5 Å². The molecule has 3 aromatic carbocycles. The maximum atomic E-state index is 12.6. The van der Waals surface area contributed by atoms with Gasteiger partial charge in [-0.25, -0.2) is 4.98 Å². The highest BCUT2D eigenvalue weighted by atomic mass is 32.1. The number of anilines is 2. The predicted molar refractivity (Wildman–Crippen MR) is 123 cm³/mol. The van der Waals surface area contributed by atoms with Crippen LogP contribution in [0, 0.1) is 6.92 Å². The van der Waals surface area contributed by atoms with E-state index in [-0.39, 0.29) is 25.0 Å². The first-order valence-electron chi connectivity index (χ1n) is 9.86. The van der Waals surface area contributed by atoms with Gasteiger partial charge in [0.05, 0.1) is 15.9 Å². The molecule has 0 saturated carbocycles. The Hall–Kier alpha value is -3.71. The molecule has 0 spiro atoms. The number of fused-ring (bicyclic) bond motifs is 2. The first kappa shape index (κ1) is 19.3. The Morgan fingerprint density at radius 2 is 1.94 bits per heavy atom. The minimum absolute atomic E-state index is 0.0688. The van der Waals surface area contributed by atoms with Crippen molar-refractivity contribution in [2.24, 2.45) is 0 Å². The van der Waals surface area contributed by atoms with Crippen LogP contribution in [0.25, 0.3) is 20.8 Å². The fourth-order valence-electron chi connectivity index (χ4n) is 3.52. The van der Waals surface area contributed by atoms with Crippen molar-refractivity contribution in [3.05, 3.63) is 72.3 Å². The van der Waals surface area contributed by atoms with E-state index in [0.717, 1.165) is 20.8 Å². The van der Waals surface area contributed by atoms with Crippen molar-refractivity contribution in [3.8, 4) is 16.3 Å². The lowest BCUT2D eigenvalue weighted by Gasteiger charge is -2.28. The smallest absolute Gasteiger partial charge is 0.265 e. The number of aromatic nitrogens is 1. The van der Waals surface area contributed by atoms with Crippen LogP contribution in [0.4, 0.5) is 11.4 Å². The lowest BCUT2D eigenvalue weighted by Crippen LogP contribution is -2.43. The number of carbonyl (C=O) groups is 2. The number of carbonyl (C=O) groups excluding carboxylic acids is 2. The van der Waals surface area contributed by atoms with Gasteiger partial charge in [0.1, 0.15) is 17.3 Å². The average Bonchev–Trinajstić information content (AvgIpc) is 3.19. The van der Waals surface area contributed by atoms with E-state index >= 15 is 0 Å². The molecule has 1 aliphatic heterocycles. The molecule has 31 heavy (non-hydrogen) atoms. The first-order valence-corrected chi connectivity index (χ1v) is 10.7. The molecule has 1 aliphatic rings. The molecule has 5 rings (SSSR count). The van der Waals surface area contributed by atoms with Crippen molar-refractivity contribution in [2.45, 2.75) is 6.92 Å². The molecule has 0 aliphatic carbocycles. The molecule has 0 fully saturated rings. The van der Waals surface area contributed by atoms with Crippen molar-refractivity contribution in [1.29, 1.82) is 0 Å². The number of para-hydroxylation sites is 2. The summed E-state index contributed by atoms with van der Waals surface area (Å²) in [5.74, 6) is 0.0915. The summed E-state index contributed by atoms with van der Waals surface area (Å²) in [6, 6.07) is 21.0. The number of amides is 2. The zero-order valence-electron chi connectivity index (χ0n) is 16.8. The number of rotatable bonds is 4. The van der Waals surface area contributed by atoms with Crippen molar-refractivity contribution < 1.29 is 14.3 Å². The van der Waals surface area contributed by atoms with Crippen LogP contribution in [0.15, 0.2) is 66.7 Å². The molecule has 1 N–H and O–H groups in total. The SMILES string of the molecule is Cc1ccc2nc(-c3ccc(NC(=O)CN4C(=O)COc5ccccc54)cc3)sc2c1. The van der Waals surface area contributed by atoms with E-state index in [9.17, 15) is 9.59 Å². The highest BCUT2D eigenvalue weighted by Crippen LogP contribution is 2.32. The van der Waals surface area contributed by atoms with Gasteiger partial charge in [-0.15, -0.1) is 11.3 Å². The Labute approximate surface area is 183 Å². The van der Waals surface area contributed by atoms with Crippen LogP contribution in [0.2, 0.25) is 0 Å². The van der Waals surface area contributed by atoms with Gasteiger partial charge in [-0.3, -0.25) is 14.5 Å². The van der Waals surface area contributed by atoms with E-state index < -0.39 is 0 Å². The summed E-state index contributed by atoms with van der Waals surface area (Å²) in [4.78, 5) is 31.0. The summed E-state index contributed by atoms with van der Waals surface area (Å²) in [6.07, 6.45) is 0. The number of hydrogen-bond donors (Lipinski definition) is 1. The lowest BCUT2D eigenvalue weighted by atomic mass is 10.2. The Kier molecular flexibility index (Phi) is 4.88. The number of aryl methyl sites for hydroxylation is 1. The van der Waals surface area contributed by atoms with Crippen LogP contribution < -0.4 is 15.0 Å². The number of nitrogens with zero attached hydrogens (tertiary/aromatic N) is 2. The Balaban J connectivity index is 1.29. The molecule has 2 amide bonds. The molecule has 1 aromatic heterocycles. The highest BCUT2D eigenvalue weighted by molar-refractivity contribution is 7.21. The summed E-state index contributed by atoms with van der Waals surface area (Å²) in [5, 5.41) is 3.80. The molecule has 0 atom stereocenters. The lowest BCUT2D eigenvalue weighted by molar-refractivity contribution is -0.123. The third-order valence-corrected chi connectivity index (χ3v) is 6.14. The second-order valence-corrected chi connectivity index (χ2v) is 8.38. The molecular formula is C24H19N3O3S. The summed E-state index contributed by atoms with van der Waals surface area (Å²) in [7, 11) is 0. The van der Waals surface area contributed by atoms with Crippen LogP contribution >= 0.6 is 11.3 Å². The molecule has 0 radical (unpaired) electrons. The van der Waals surface area contributed by atoms with Crippen molar-refractivity contribution in [1.82, 2.24) is 4.98 Å². The fraction of sp³-hybridized carbons (Fsp3) is 0.125. The Bertz CT molecular complexity index is 1300. The molecular weight excluding hydrogens is 410 g/mol. The van der Waals surface area contributed by atoms with Gasteiger partial charge in [0.15, 0.2) is 6.61 Å². The zero-order valence-corrected chi connectivity index (χ0v) is 17.6. The molecule has 154 valence electrons. The van der Waals surface area contributed by atoms with Crippen molar-refractivity contribution >= 4 is 44.7 Å². The third-order valence-electron chi connectivity index (χ3n) is 5.07. The molecule has 6 nitrogen and oxygen atoms in total. The largest absolute Gasteiger partial charge is 0.482 e. The third kappa shape index (κ3) is 3.87. The maximum absolute atomic E-state index is 12.6. The molecule has 2 heterocycles. The number of thiazole rings is 1. The number of benzene rings is 3. The average molecular weight is 430 g/mol. The Morgan fingerprint density at radius 1 is 1.13 bits per heavy atom. The van der Waals surface area contributed by atoms with Gasteiger partial charge in [0.2, 0.25) is 5.91 Å². The van der Waals surface area contributed by atoms with Gasteiger partial charge in [0.25, 0.3) is 5.91 Å². The summed E-state index contributed by atoms with van der Waals surface area (Å²) in [5.41, 5.74) is 4.46. The molecule has 7 heteroatoms. The van der Waals surface area contributed by atoms with E-state index in [4.69, 9.17) is 9.72 Å². The van der Waals surface area contributed by atoms with Crippen LogP contribution in [0.3, 0.4) is 0 Å². The van der Waals surface area contributed by atoms with Gasteiger partial charge < -0.3 is 10.1 Å². The van der Waals surface area contributed by atoms with Crippen LogP contribution in [0.1, 0.15) is 5.56 Å². The first-order chi connectivity index (χ1) is 15.1. The van der Waals surface area contributed by atoms with Gasteiger partial charge in [-0.1, -0.05) is 18.2 Å². The van der Waals surface area contributed by atoms with E-state index in [2.05, 4.69) is 24.4 Å². The van der Waals surface area contributed by atoms with Crippen molar-refractivity contribution in [3.63, 3.8) is 0 Å². The summed E-state index contributed by atoms with van der Waals surface area (Å²) in [6.45, 7) is 1.93. The fourth-order valence-corrected chi connectivity index (χ4v) is 4.59. The van der Waals surface area contributed by atoms with Crippen LogP contribution in [-0.2, 0) is 9.59 Å². The van der Waals surface area contributed by atoms with Gasteiger partial charge in [-0.2, -0.15) is 0 Å². The number of nitrogens with one attached hydrogen (secondary N) is 1. The minimum atomic E-state index is -0.270. The molecule has 0 bridgehead atoms. The van der Waals surface area contributed by atoms with Crippen LogP contribution in [-0.4, -0.2) is 29.9 Å². The second kappa shape index (κ2) is 7.85. The number of hydrogen-bond acceptors (Lipinski definition) is 5. The number of ether oxygens (including phenoxy) is 1. The van der Waals surface area contributed by atoms with Crippen molar-refractivity contribution in [2.75, 3.05) is 23.4 Å². The summed E-state index contributed by atoms with van der Waals surface area (Å²) >= 11 is 1.65. The Morgan fingerprint density at radius 3 is 2.77 bits per heavy atom. The second-order valence-electron chi connectivity index (χ2n) is 7.35. The van der Waals surface area contributed by atoms with Gasteiger partial charge in [0, 0.05) is 11.3 Å². The molecule has 4 aromatic rings. The van der Waals surface area contributed by atoms with Crippen LogP contribution in [0.5, 0.6) is 5.75 Å². The standard InChI is InChI=1S/C24H19N3O3S/c1-15-6-11-18-21(12-15)31-24(26-18)16-7-9-17(10-8-16)25-22(28)13-27-19-4-2-3-5-20(19)30-14-23(27)29/h2-12H,13-14H2,1H3,(H,25,28). The van der Waals surface area contributed by atoms with E-state index in [1.54, 1.807) is 23.5 Å². The summed E-state index contributed by atoms with van der Waals surface area (Å²) < 4.78 is 6.58. The molecule has 0 saturated heterocycles. The topological polar surface area (TPSA) is 71.5 Å². The molecule has 0 unspecified atom stereocenters.